The van der Waals surface area contributed by atoms with E-state index in [9.17, 15) is 9.59 Å². The zero-order valence-electron chi connectivity index (χ0n) is 17.1. The van der Waals surface area contributed by atoms with Crippen LogP contribution in [0.2, 0.25) is 0 Å². The Bertz CT molecular complexity index is 1410. The number of benzene rings is 2. The summed E-state index contributed by atoms with van der Waals surface area (Å²) in [6.07, 6.45) is 4.02. The van der Waals surface area contributed by atoms with Crippen molar-refractivity contribution in [2.75, 3.05) is 16.8 Å². The summed E-state index contributed by atoms with van der Waals surface area (Å²) in [6, 6.07) is 16.8. The predicted molar refractivity (Wildman–Crippen MR) is 118 cm³/mol. The van der Waals surface area contributed by atoms with Gasteiger partial charge in [-0.25, -0.2) is 18.9 Å². The van der Waals surface area contributed by atoms with Gasteiger partial charge in [-0.05, 0) is 41.8 Å². The van der Waals surface area contributed by atoms with E-state index in [1.165, 1.54) is 15.5 Å². The van der Waals surface area contributed by atoms with Crippen molar-refractivity contribution in [1.29, 1.82) is 5.26 Å². The van der Waals surface area contributed by atoms with Crippen molar-refractivity contribution in [2.24, 2.45) is 0 Å². The van der Waals surface area contributed by atoms with Crippen LogP contribution in [0.3, 0.4) is 0 Å². The number of carbonyl (C=O) groups excluding carboxylic acids is 1. The molecule has 0 saturated carbocycles. The van der Waals surface area contributed by atoms with E-state index >= 15 is 0 Å². The molecule has 1 aliphatic heterocycles. The molecule has 2 aromatic heterocycles. The molecule has 9 nitrogen and oxygen atoms in total. The Morgan fingerprint density at radius 2 is 1.91 bits per heavy atom. The van der Waals surface area contributed by atoms with Crippen LogP contribution in [-0.2, 0) is 24.3 Å². The molecular formula is C23H19N7O2. The summed E-state index contributed by atoms with van der Waals surface area (Å²) in [6.45, 7) is 1.22. The molecule has 0 saturated heterocycles. The van der Waals surface area contributed by atoms with Crippen LogP contribution in [0.25, 0.3) is 5.65 Å². The summed E-state index contributed by atoms with van der Waals surface area (Å²) in [4.78, 5) is 31.9. The molecule has 3 heterocycles. The Morgan fingerprint density at radius 1 is 1.12 bits per heavy atom. The standard InChI is InChI=1S/C23H19N7O2/c24-13-16-5-7-19(8-6-16)26-20(31)15-30-23(32)29-12-10-25-21(22(29)27-30)28-11-9-17-3-1-2-4-18(17)14-28/h1-8,10,12H,9,11,14-15H2,(H,26,31). The maximum atomic E-state index is 12.8. The van der Waals surface area contributed by atoms with Crippen molar-refractivity contribution < 1.29 is 4.79 Å². The third kappa shape index (κ3) is 3.58. The Balaban J connectivity index is 1.40. The van der Waals surface area contributed by atoms with Crippen LogP contribution >= 0.6 is 0 Å². The monoisotopic (exact) mass is 425 g/mol. The molecule has 5 rings (SSSR count). The molecule has 0 bridgehead atoms. The van der Waals surface area contributed by atoms with Crippen molar-refractivity contribution in [1.82, 2.24) is 19.2 Å². The highest BCUT2D eigenvalue weighted by molar-refractivity contribution is 5.90. The van der Waals surface area contributed by atoms with Crippen molar-refractivity contribution in [3.05, 3.63) is 88.1 Å². The fourth-order valence-corrected chi connectivity index (χ4v) is 3.90. The van der Waals surface area contributed by atoms with Crippen molar-refractivity contribution >= 4 is 23.1 Å². The van der Waals surface area contributed by atoms with Gasteiger partial charge in [-0.15, -0.1) is 5.10 Å². The number of carbonyl (C=O) groups is 1. The van der Waals surface area contributed by atoms with Gasteiger partial charge in [0.2, 0.25) is 11.6 Å². The van der Waals surface area contributed by atoms with Gasteiger partial charge in [0.15, 0.2) is 5.82 Å². The number of nitriles is 1. The highest BCUT2D eigenvalue weighted by atomic mass is 16.2. The first-order valence-corrected chi connectivity index (χ1v) is 10.2. The second-order valence-electron chi connectivity index (χ2n) is 7.56. The third-order valence-corrected chi connectivity index (χ3v) is 5.50. The lowest BCUT2D eigenvalue weighted by atomic mass is 10.00. The summed E-state index contributed by atoms with van der Waals surface area (Å²) in [7, 11) is 0. The lowest BCUT2D eigenvalue weighted by Crippen LogP contribution is -2.31. The maximum Gasteiger partial charge on any atom is 0.350 e. The van der Waals surface area contributed by atoms with E-state index in [2.05, 4.69) is 32.4 Å². The minimum absolute atomic E-state index is 0.233. The number of anilines is 2. The minimum atomic E-state index is -0.406. The number of aromatic nitrogens is 4. The first-order chi connectivity index (χ1) is 15.6. The molecule has 9 heteroatoms. The molecule has 0 fully saturated rings. The fourth-order valence-electron chi connectivity index (χ4n) is 3.90. The van der Waals surface area contributed by atoms with Gasteiger partial charge in [0.25, 0.3) is 0 Å². The zero-order valence-corrected chi connectivity index (χ0v) is 17.1. The van der Waals surface area contributed by atoms with E-state index < -0.39 is 5.69 Å². The lowest BCUT2D eigenvalue weighted by Gasteiger charge is -2.29. The molecule has 1 N–H and O–H groups in total. The molecular weight excluding hydrogens is 406 g/mol. The number of rotatable bonds is 4. The second kappa shape index (κ2) is 8.00. The van der Waals surface area contributed by atoms with Gasteiger partial charge in [0, 0.05) is 31.2 Å². The highest BCUT2D eigenvalue weighted by Crippen LogP contribution is 2.24. The Hall–Kier alpha value is -4.45. The van der Waals surface area contributed by atoms with E-state index in [0.29, 0.717) is 29.3 Å². The number of nitrogens with one attached hydrogen (secondary N) is 1. The molecule has 0 atom stereocenters. The van der Waals surface area contributed by atoms with Gasteiger partial charge in [0.05, 0.1) is 11.6 Å². The molecule has 4 aromatic rings. The third-order valence-electron chi connectivity index (χ3n) is 5.50. The number of nitrogens with zero attached hydrogens (tertiary/aromatic N) is 6. The molecule has 0 radical (unpaired) electrons. The van der Waals surface area contributed by atoms with Crippen molar-refractivity contribution in [2.45, 2.75) is 19.5 Å². The predicted octanol–water partition coefficient (Wildman–Crippen LogP) is 1.96. The Morgan fingerprint density at radius 3 is 2.69 bits per heavy atom. The number of hydrogen-bond donors (Lipinski definition) is 1. The van der Waals surface area contributed by atoms with Crippen molar-refractivity contribution in [3.8, 4) is 6.07 Å². The smallest absolute Gasteiger partial charge is 0.349 e. The average molecular weight is 425 g/mol. The quantitative estimate of drug-likeness (QED) is 0.536. The summed E-state index contributed by atoms with van der Waals surface area (Å²) in [5.74, 6) is 0.229. The molecule has 0 aliphatic carbocycles. The van der Waals surface area contributed by atoms with Crippen LogP contribution in [0.4, 0.5) is 11.5 Å². The van der Waals surface area contributed by atoms with Crippen LogP contribution in [-0.4, -0.2) is 31.6 Å². The Kier molecular flexibility index (Phi) is 4.88. The van der Waals surface area contributed by atoms with Crippen molar-refractivity contribution in [3.63, 3.8) is 0 Å². The summed E-state index contributed by atoms with van der Waals surface area (Å²) < 4.78 is 2.55. The van der Waals surface area contributed by atoms with Crippen LogP contribution in [0.15, 0.2) is 65.7 Å². The van der Waals surface area contributed by atoms with Gasteiger partial charge in [-0.1, -0.05) is 24.3 Å². The summed E-state index contributed by atoms with van der Waals surface area (Å²) >= 11 is 0. The molecule has 2 aromatic carbocycles. The van der Waals surface area contributed by atoms with Gasteiger partial charge in [0.1, 0.15) is 6.54 Å². The normalized spacial score (nSPS) is 12.9. The van der Waals surface area contributed by atoms with E-state index in [1.807, 2.05) is 18.2 Å². The molecule has 0 spiro atoms. The Labute approximate surface area is 183 Å². The van der Waals surface area contributed by atoms with Gasteiger partial charge < -0.3 is 10.2 Å². The van der Waals surface area contributed by atoms with Crippen LogP contribution in [0.1, 0.15) is 16.7 Å². The summed E-state index contributed by atoms with van der Waals surface area (Å²) in [5, 5.41) is 16.0. The molecule has 0 unspecified atom stereocenters. The highest BCUT2D eigenvalue weighted by Gasteiger charge is 2.22. The van der Waals surface area contributed by atoms with E-state index in [0.717, 1.165) is 17.6 Å². The van der Waals surface area contributed by atoms with Gasteiger partial charge in [-0.2, -0.15) is 5.26 Å². The first kappa shape index (κ1) is 19.5. The fraction of sp³-hybridized carbons (Fsp3) is 0.174. The minimum Gasteiger partial charge on any atom is -0.349 e. The van der Waals surface area contributed by atoms with Gasteiger partial charge >= 0.3 is 5.69 Å². The van der Waals surface area contributed by atoms with Gasteiger partial charge in [-0.3, -0.25) is 4.79 Å². The molecule has 32 heavy (non-hydrogen) atoms. The lowest BCUT2D eigenvalue weighted by molar-refractivity contribution is -0.117. The number of amides is 1. The summed E-state index contributed by atoms with van der Waals surface area (Å²) in [5.41, 5.74) is 3.60. The average Bonchev–Trinajstić information content (AvgIpc) is 3.14. The van der Waals surface area contributed by atoms with Crippen LogP contribution in [0.5, 0.6) is 0 Å². The first-order valence-electron chi connectivity index (χ1n) is 10.2. The maximum absolute atomic E-state index is 12.8. The zero-order chi connectivity index (χ0) is 22.1. The number of hydrogen-bond acceptors (Lipinski definition) is 6. The van der Waals surface area contributed by atoms with E-state index in [1.54, 1.807) is 36.7 Å². The largest absolute Gasteiger partial charge is 0.350 e. The second-order valence-corrected chi connectivity index (χ2v) is 7.56. The topological polar surface area (TPSA) is 108 Å². The molecule has 1 aliphatic rings. The van der Waals surface area contributed by atoms with Crippen LogP contribution in [0, 0.1) is 11.3 Å². The van der Waals surface area contributed by atoms with E-state index in [4.69, 9.17) is 5.26 Å². The number of fused-ring (bicyclic) bond motifs is 2. The SMILES string of the molecule is N#Cc1ccc(NC(=O)Cn2nc3c(N4CCc5ccccc5C4)nccn3c2=O)cc1. The molecule has 158 valence electrons. The van der Waals surface area contributed by atoms with E-state index in [-0.39, 0.29) is 12.5 Å². The molecule has 1 amide bonds. The van der Waals surface area contributed by atoms with Crippen LogP contribution < -0.4 is 15.9 Å².